The summed E-state index contributed by atoms with van der Waals surface area (Å²) in [7, 11) is 0. The first-order valence-electron chi connectivity index (χ1n) is 7.19. The van der Waals surface area contributed by atoms with E-state index in [-0.39, 0.29) is 31.6 Å². The molecule has 1 aromatic rings. The summed E-state index contributed by atoms with van der Waals surface area (Å²) in [6, 6.07) is 5.45. The summed E-state index contributed by atoms with van der Waals surface area (Å²) in [5, 5.41) is 11.4. The molecule has 2 amide bonds. The molecule has 0 unspecified atom stereocenters. The molecule has 1 heterocycles. The molecule has 5 nitrogen and oxygen atoms in total. The highest BCUT2D eigenvalue weighted by atomic mass is 19.4. The van der Waals surface area contributed by atoms with E-state index in [1.54, 1.807) is 12.1 Å². The fraction of sp³-hybridized carbons (Fsp3) is 0.467. The first-order chi connectivity index (χ1) is 10.8. The number of urea groups is 1. The molecule has 126 valence electrons. The lowest BCUT2D eigenvalue weighted by Gasteiger charge is -2.33. The van der Waals surface area contributed by atoms with E-state index in [4.69, 9.17) is 5.11 Å². The molecular formula is C15H17F3N2O3. The SMILES string of the molecule is O=C(O)c1cccc(CNC(=O)N2CCC[C@@H](C(F)(F)F)C2)c1. The van der Waals surface area contributed by atoms with Gasteiger partial charge >= 0.3 is 18.2 Å². The van der Waals surface area contributed by atoms with E-state index in [0.29, 0.717) is 12.0 Å². The van der Waals surface area contributed by atoms with Gasteiger partial charge in [-0.1, -0.05) is 12.1 Å². The van der Waals surface area contributed by atoms with Crippen molar-refractivity contribution in [1.82, 2.24) is 10.2 Å². The monoisotopic (exact) mass is 330 g/mol. The summed E-state index contributed by atoms with van der Waals surface area (Å²) in [6.07, 6.45) is -3.95. The molecular weight excluding hydrogens is 313 g/mol. The van der Waals surface area contributed by atoms with Crippen molar-refractivity contribution >= 4 is 12.0 Å². The van der Waals surface area contributed by atoms with E-state index in [9.17, 15) is 22.8 Å². The van der Waals surface area contributed by atoms with Crippen molar-refractivity contribution < 1.29 is 27.9 Å². The van der Waals surface area contributed by atoms with Gasteiger partial charge in [0, 0.05) is 19.6 Å². The molecule has 1 aliphatic heterocycles. The van der Waals surface area contributed by atoms with Crippen LogP contribution in [0.25, 0.3) is 0 Å². The molecule has 1 aromatic carbocycles. The van der Waals surface area contributed by atoms with Crippen LogP contribution in [-0.2, 0) is 6.54 Å². The standard InChI is InChI=1S/C15H17F3N2O3/c16-15(17,18)12-5-2-6-20(9-12)14(23)19-8-10-3-1-4-11(7-10)13(21)22/h1,3-4,7,12H,2,5-6,8-9H2,(H,19,23)(H,21,22)/t12-/m1/s1. The molecule has 1 atom stereocenters. The maximum Gasteiger partial charge on any atom is 0.393 e. The third-order valence-corrected chi connectivity index (χ3v) is 3.79. The van der Waals surface area contributed by atoms with Gasteiger partial charge in [0.2, 0.25) is 0 Å². The Morgan fingerprint density at radius 3 is 2.74 bits per heavy atom. The van der Waals surface area contributed by atoms with E-state index >= 15 is 0 Å². The lowest BCUT2D eigenvalue weighted by molar-refractivity contribution is -0.184. The van der Waals surface area contributed by atoms with Crippen molar-refractivity contribution in [3.05, 3.63) is 35.4 Å². The number of likely N-dealkylation sites (tertiary alicyclic amines) is 1. The quantitative estimate of drug-likeness (QED) is 0.895. The number of nitrogens with zero attached hydrogens (tertiary/aromatic N) is 1. The van der Waals surface area contributed by atoms with E-state index < -0.39 is 24.1 Å². The van der Waals surface area contributed by atoms with Crippen LogP contribution in [0.1, 0.15) is 28.8 Å². The molecule has 1 fully saturated rings. The molecule has 8 heteroatoms. The first kappa shape index (κ1) is 17.1. The van der Waals surface area contributed by atoms with Crippen LogP contribution in [-0.4, -0.2) is 41.3 Å². The van der Waals surface area contributed by atoms with Crippen molar-refractivity contribution in [3.8, 4) is 0 Å². The summed E-state index contributed by atoms with van der Waals surface area (Å²) in [5.41, 5.74) is 0.662. The van der Waals surface area contributed by atoms with Gasteiger partial charge in [0.15, 0.2) is 0 Å². The van der Waals surface area contributed by atoms with Crippen LogP contribution in [0.5, 0.6) is 0 Å². The van der Waals surface area contributed by atoms with Gasteiger partial charge in [-0.15, -0.1) is 0 Å². The second kappa shape index (κ2) is 6.89. The number of aromatic carboxylic acids is 1. The summed E-state index contributed by atoms with van der Waals surface area (Å²) in [6.45, 7) is 0.00517. The van der Waals surface area contributed by atoms with Gasteiger partial charge < -0.3 is 15.3 Å². The smallest absolute Gasteiger partial charge is 0.393 e. The van der Waals surface area contributed by atoms with Crippen LogP contribution in [0.2, 0.25) is 0 Å². The lowest BCUT2D eigenvalue weighted by Crippen LogP contribution is -2.48. The molecule has 2 N–H and O–H groups in total. The molecule has 0 aromatic heterocycles. The number of hydrogen-bond acceptors (Lipinski definition) is 2. The lowest BCUT2D eigenvalue weighted by atomic mass is 9.98. The predicted octanol–water partition coefficient (Wildman–Crippen LogP) is 2.87. The number of hydrogen-bond donors (Lipinski definition) is 2. The van der Waals surface area contributed by atoms with Gasteiger partial charge in [0.05, 0.1) is 11.5 Å². The highest BCUT2D eigenvalue weighted by Gasteiger charge is 2.42. The Balaban J connectivity index is 1.92. The van der Waals surface area contributed by atoms with Crippen molar-refractivity contribution in [1.29, 1.82) is 0 Å². The highest BCUT2D eigenvalue weighted by molar-refractivity contribution is 5.87. The van der Waals surface area contributed by atoms with Gasteiger partial charge in [0.25, 0.3) is 0 Å². The van der Waals surface area contributed by atoms with Gasteiger partial charge in [-0.3, -0.25) is 0 Å². The normalized spacial score (nSPS) is 18.6. The Morgan fingerprint density at radius 2 is 2.09 bits per heavy atom. The number of carboxylic acid groups (broad SMARTS) is 1. The minimum atomic E-state index is -4.30. The second-order valence-corrected chi connectivity index (χ2v) is 5.49. The molecule has 0 radical (unpaired) electrons. The number of piperidine rings is 1. The van der Waals surface area contributed by atoms with Crippen LogP contribution in [0.3, 0.4) is 0 Å². The zero-order valence-electron chi connectivity index (χ0n) is 12.3. The average molecular weight is 330 g/mol. The molecule has 23 heavy (non-hydrogen) atoms. The molecule has 1 saturated heterocycles. The maximum atomic E-state index is 12.7. The minimum absolute atomic E-state index is 0.0357. The molecule has 1 aliphatic rings. The summed E-state index contributed by atoms with van der Waals surface area (Å²) < 4.78 is 38.2. The number of carbonyl (C=O) groups excluding carboxylic acids is 1. The van der Waals surface area contributed by atoms with Crippen LogP contribution >= 0.6 is 0 Å². The fourth-order valence-electron chi connectivity index (χ4n) is 2.53. The molecule has 0 aliphatic carbocycles. The van der Waals surface area contributed by atoms with E-state index in [2.05, 4.69) is 5.32 Å². The van der Waals surface area contributed by atoms with Crippen LogP contribution < -0.4 is 5.32 Å². The molecule has 2 rings (SSSR count). The predicted molar refractivity (Wildman–Crippen MR) is 76.0 cm³/mol. The van der Waals surface area contributed by atoms with Crippen molar-refractivity contribution in [2.24, 2.45) is 5.92 Å². The number of amides is 2. The number of carbonyl (C=O) groups is 2. The third-order valence-electron chi connectivity index (χ3n) is 3.79. The van der Waals surface area contributed by atoms with Crippen molar-refractivity contribution in [2.75, 3.05) is 13.1 Å². The van der Waals surface area contributed by atoms with Gasteiger partial charge in [-0.2, -0.15) is 13.2 Å². The Hall–Kier alpha value is -2.25. The maximum absolute atomic E-state index is 12.7. The topological polar surface area (TPSA) is 69.6 Å². The average Bonchev–Trinajstić information content (AvgIpc) is 2.52. The van der Waals surface area contributed by atoms with E-state index in [0.717, 1.165) is 4.90 Å². The molecule has 0 spiro atoms. The van der Waals surface area contributed by atoms with Gasteiger partial charge in [0.1, 0.15) is 0 Å². The van der Waals surface area contributed by atoms with E-state index in [1.165, 1.54) is 12.1 Å². The van der Waals surface area contributed by atoms with Gasteiger partial charge in [-0.05, 0) is 30.5 Å². The zero-order chi connectivity index (χ0) is 17.0. The number of carboxylic acids is 1. The van der Waals surface area contributed by atoms with Crippen LogP contribution in [0, 0.1) is 5.92 Å². The van der Waals surface area contributed by atoms with Crippen molar-refractivity contribution in [2.45, 2.75) is 25.6 Å². The minimum Gasteiger partial charge on any atom is -0.478 e. The summed E-state index contributed by atoms with van der Waals surface area (Å²) in [5.74, 6) is -2.57. The molecule has 0 bridgehead atoms. The van der Waals surface area contributed by atoms with Crippen molar-refractivity contribution in [3.63, 3.8) is 0 Å². The summed E-state index contributed by atoms with van der Waals surface area (Å²) in [4.78, 5) is 24.0. The Morgan fingerprint density at radius 1 is 1.35 bits per heavy atom. The number of rotatable bonds is 3. The van der Waals surface area contributed by atoms with E-state index in [1.807, 2.05) is 0 Å². The van der Waals surface area contributed by atoms with Gasteiger partial charge in [-0.25, -0.2) is 9.59 Å². The highest BCUT2D eigenvalue weighted by Crippen LogP contribution is 2.33. The number of benzene rings is 1. The number of alkyl halides is 3. The third kappa shape index (κ3) is 4.61. The Labute approximate surface area is 131 Å². The zero-order valence-corrected chi connectivity index (χ0v) is 12.3. The Kier molecular flexibility index (Phi) is 5.12. The fourth-order valence-corrected chi connectivity index (χ4v) is 2.53. The first-order valence-corrected chi connectivity index (χ1v) is 7.19. The number of halogens is 3. The van der Waals surface area contributed by atoms with Crippen LogP contribution in [0.4, 0.5) is 18.0 Å². The second-order valence-electron chi connectivity index (χ2n) is 5.49. The van der Waals surface area contributed by atoms with Crippen LogP contribution in [0.15, 0.2) is 24.3 Å². The number of nitrogens with one attached hydrogen (secondary N) is 1. The molecule has 0 saturated carbocycles. The Bertz CT molecular complexity index is 590. The summed E-state index contributed by atoms with van der Waals surface area (Å²) >= 11 is 0. The largest absolute Gasteiger partial charge is 0.478 e.